The van der Waals surface area contributed by atoms with Crippen LogP contribution in [0.2, 0.25) is 10.3 Å². The highest BCUT2D eigenvalue weighted by Crippen LogP contribution is 2.33. The van der Waals surface area contributed by atoms with Crippen LogP contribution in [0.4, 0.5) is 5.69 Å². The first kappa shape index (κ1) is 15.9. The van der Waals surface area contributed by atoms with Crippen LogP contribution in [-0.2, 0) is 0 Å². The molecule has 0 spiro atoms. The molecule has 1 aromatic carbocycles. The van der Waals surface area contributed by atoms with E-state index in [0.717, 1.165) is 28.1 Å². The zero-order chi connectivity index (χ0) is 15.6. The summed E-state index contributed by atoms with van der Waals surface area (Å²) in [5.74, 6) is 0.852. The maximum absolute atomic E-state index is 6.18. The molecule has 2 aromatic rings. The number of ether oxygens (including phenoxy) is 1. The molecule has 1 N–H and O–H groups in total. The molecule has 0 radical (unpaired) electrons. The third kappa shape index (κ3) is 3.60. The number of aryl methyl sites for hydroxylation is 2. The molecule has 1 unspecified atom stereocenters. The SMILES string of the molecule is COc1cc(C)ccc1C(C)Nc1c(C)cc(Cl)nc1Cl. The number of hydrogen-bond acceptors (Lipinski definition) is 3. The summed E-state index contributed by atoms with van der Waals surface area (Å²) < 4.78 is 5.45. The molecule has 2 rings (SSSR count). The molecule has 1 atom stereocenters. The van der Waals surface area contributed by atoms with E-state index in [0.29, 0.717) is 10.3 Å². The fourth-order valence-corrected chi connectivity index (χ4v) is 2.83. The molecule has 0 aliphatic rings. The van der Waals surface area contributed by atoms with Crippen LogP contribution in [0.25, 0.3) is 0 Å². The van der Waals surface area contributed by atoms with Crippen molar-refractivity contribution in [2.24, 2.45) is 0 Å². The predicted molar refractivity (Wildman–Crippen MR) is 88.8 cm³/mol. The van der Waals surface area contributed by atoms with E-state index in [4.69, 9.17) is 27.9 Å². The van der Waals surface area contributed by atoms with Gasteiger partial charge in [0.25, 0.3) is 0 Å². The summed E-state index contributed by atoms with van der Waals surface area (Å²) in [4.78, 5) is 4.07. The van der Waals surface area contributed by atoms with Crippen LogP contribution in [0.15, 0.2) is 24.3 Å². The molecule has 5 heteroatoms. The normalized spacial score (nSPS) is 12.1. The minimum absolute atomic E-state index is 0.0275. The molecule has 0 saturated carbocycles. The molecule has 0 fully saturated rings. The quantitative estimate of drug-likeness (QED) is 0.786. The van der Waals surface area contributed by atoms with Crippen LogP contribution >= 0.6 is 23.2 Å². The first-order valence-electron chi connectivity index (χ1n) is 6.66. The number of halogens is 2. The van der Waals surface area contributed by atoms with E-state index in [1.807, 2.05) is 19.9 Å². The average Bonchev–Trinajstić information content (AvgIpc) is 2.42. The minimum atomic E-state index is 0.0275. The Labute approximate surface area is 135 Å². The van der Waals surface area contributed by atoms with Crippen molar-refractivity contribution >= 4 is 28.9 Å². The zero-order valence-corrected chi connectivity index (χ0v) is 14.0. The van der Waals surface area contributed by atoms with Crippen molar-refractivity contribution in [3.63, 3.8) is 0 Å². The minimum Gasteiger partial charge on any atom is -0.496 e. The second-order valence-electron chi connectivity index (χ2n) is 5.04. The summed E-state index contributed by atoms with van der Waals surface area (Å²) in [5, 5.41) is 4.15. The Morgan fingerprint density at radius 1 is 1.19 bits per heavy atom. The first-order valence-corrected chi connectivity index (χ1v) is 7.41. The van der Waals surface area contributed by atoms with Crippen LogP contribution in [-0.4, -0.2) is 12.1 Å². The number of nitrogens with zero attached hydrogens (tertiary/aromatic N) is 1. The molecular weight excluding hydrogens is 307 g/mol. The molecule has 1 heterocycles. The number of methoxy groups -OCH3 is 1. The fourth-order valence-electron chi connectivity index (χ4n) is 2.24. The van der Waals surface area contributed by atoms with Crippen molar-refractivity contribution in [3.8, 4) is 5.75 Å². The van der Waals surface area contributed by atoms with E-state index in [-0.39, 0.29) is 6.04 Å². The van der Waals surface area contributed by atoms with Gasteiger partial charge in [0.1, 0.15) is 10.9 Å². The van der Waals surface area contributed by atoms with E-state index >= 15 is 0 Å². The highest BCUT2D eigenvalue weighted by molar-refractivity contribution is 6.34. The van der Waals surface area contributed by atoms with E-state index in [9.17, 15) is 0 Å². The number of nitrogens with one attached hydrogen (secondary N) is 1. The molecule has 0 amide bonds. The smallest absolute Gasteiger partial charge is 0.154 e. The van der Waals surface area contributed by atoms with Crippen molar-refractivity contribution in [2.75, 3.05) is 12.4 Å². The lowest BCUT2D eigenvalue weighted by Crippen LogP contribution is -2.10. The second-order valence-corrected chi connectivity index (χ2v) is 5.78. The topological polar surface area (TPSA) is 34.1 Å². The molecule has 0 aliphatic carbocycles. The average molecular weight is 325 g/mol. The van der Waals surface area contributed by atoms with Gasteiger partial charge in [0.05, 0.1) is 18.8 Å². The number of aromatic nitrogens is 1. The van der Waals surface area contributed by atoms with Gasteiger partial charge >= 0.3 is 0 Å². The molecule has 21 heavy (non-hydrogen) atoms. The maximum atomic E-state index is 6.18. The molecule has 112 valence electrons. The first-order chi connectivity index (χ1) is 9.92. The lowest BCUT2D eigenvalue weighted by atomic mass is 10.0. The van der Waals surface area contributed by atoms with Crippen molar-refractivity contribution in [1.82, 2.24) is 4.98 Å². The van der Waals surface area contributed by atoms with Gasteiger partial charge in [-0.25, -0.2) is 4.98 Å². The number of benzene rings is 1. The standard InChI is InChI=1S/C16H18Cl2N2O/c1-9-5-6-12(13(7-9)21-4)11(3)19-15-10(2)8-14(17)20-16(15)18/h5-8,11,19H,1-4H3. The van der Waals surface area contributed by atoms with Gasteiger partial charge in [0.2, 0.25) is 0 Å². The summed E-state index contributed by atoms with van der Waals surface area (Å²) in [7, 11) is 1.67. The largest absolute Gasteiger partial charge is 0.496 e. The zero-order valence-electron chi connectivity index (χ0n) is 12.5. The maximum Gasteiger partial charge on any atom is 0.154 e. The van der Waals surface area contributed by atoms with Gasteiger partial charge in [-0.1, -0.05) is 35.3 Å². The predicted octanol–water partition coefficient (Wildman–Crippen LogP) is 5.19. The Hall–Kier alpha value is -1.45. The Bertz CT molecular complexity index is 636. The van der Waals surface area contributed by atoms with Crippen LogP contribution in [0.5, 0.6) is 5.75 Å². The van der Waals surface area contributed by atoms with Gasteiger partial charge in [-0.05, 0) is 44.0 Å². The summed E-state index contributed by atoms with van der Waals surface area (Å²) >= 11 is 12.1. The van der Waals surface area contributed by atoms with E-state index in [2.05, 4.69) is 29.4 Å². The number of rotatable bonds is 4. The monoisotopic (exact) mass is 324 g/mol. The van der Waals surface area contributed by atoms with E-state index in [1.165, 1.54) is 0 Å². The fraction of sp³-hybridized carbons (Fsp3) is 0.312. The Morgan fingerprint density at radius 2 is 1.90 bits per heavy atom. The van der Waals surface area contributed by atoms with Crippen molar-refractivity contribution in [1.29, 1.82) is 0 Å². The highest BCUT2D eigenvalue weighted by Gasteiger charge is 2.15. The number of pyridine rings is 1. The Kier molecular flexibility index (Phi) is 4.96. The Morgan fingerprint density at radius 3 is 2.52 bits per heavy atom. The van der Waals surface area contributed by atoms with Gasteiger partial charge in [0.15, 0.2) is 5.15 Å². The second kappa shape index (κ2) is 6.54. The lowest BCUT2D eigenvalue weighted by Gasteiger charge is -2.20. The summed E-state index contributed by atoms with van der Waals surface area (Å²) in [6.45, 7) is 6.03. The molecular formula is C16H18Cl2N2O. The van der Waals surface area contributed by atoms with Crippen molar-refractivity contribution in [3.05, 3.63) is 51.3 Å². The molecule has 1 aromatic heterocycles. The highest BCUT2D eigenvalue weighted by atomic mass is 35.5. The van der Waals surface area contributed by atoms with Crippen molar-refractivity contribution < 1.29 is 4.74 Å². The number of anilines is 1. The van der Waals surface area contributed by atoms with E-state index in [1.54, 1.807) is 13.2 Å². The Balaban J connectivity index is 2.32. The third-order valence-corrected chi connectivity index (χ3v) is 3.82. The van der Waals surface area contributed by atoms with Gasteiger partial charge in [0, 0.05) is 5.56 Å². The summed E-state index contributed by atoms with van der Waals surface area (Å²) in [6, 6.07) is 7.94. The molecule has 3 nitrogen and oxygen atoms in total. The van der Waals surface area contributed by atoms with Gasteiger partial charge < -0.3 is 10.1 Å². The summed E-state index contributed by atoms with van der Waals surface area (Å²) in [5.41, 5.74) is 3.97. The third-order valence-electron chi connectivity index (χ3n) is 3.36. The molecule has 0 saturated heterocycles. The van der Waals surface area contributed by atoms with Crippen LogP contribution in [0, 0.1) is 13.8 Å². The molecule has 0 aliphatic heterocycles. The summed E-state index contributed by atoms with van der Waals surface area (Å²) in [6.07, 6.45) is 0. The van der Waals surface area contributed by atoms with Crippen molar-refractivity contribution in [2.45, 2.75) is 26.8 Å². The van der Waals surface area contributed by atoms with Gasteiger partial charge in [-0.15, -0.1) is 0 Å². The van der Waals surface area contributed by atoms with Gasteiger partial charge in [-0.3, -0.25) is 0 Å². The number of hydrogen-bond donors (Lipinski definition) is 1. The lowest BCUT2D eigenvalue weighted by molar-refractivity contribution is 0.407. The van der Waals surface area contributed by atoms with E-state index < -0.39 is 0 Å². The van der Waals surface area contributed by atoms with Gasteiger partial charge in [-0.2, -0.15) is 0 Å². The van der Waals surface area contributed by atoms with Crippen LogP contribution < -0.4 is 10.1 Å². The van der Waals surface area contributed by atoms with Crippen LogP contribution in [0.3, 0.4) is 0 Å². The molecule has 0 bridgehead atoms. The van der Waals surface area contributed by atoms with Crippen LogP contribution in [0.1, 0.15) is 29.7 Å².